The predicted molar refractivity (Wildman–Crippen MR) is 122 cm³/mol. The molecule has 0 bridgehead atoms. The smallest absolute Gasteiger partial charge is 0.203 e. The van der Waals surface area contributed by atoms with Crippen LogP contribution in [0.4, 0.5) is 5.69 Å². The number of rotatable bonds is 8. The first-order chi connectivity index (χ1) is 15.2. The van der Waals surface area contributed by atoms with Crippen molar-refractivity contribution >= 4 is 22.4 Å². The fraction of sp³-hybridized carbons (Fsp3) is 0.160. The standard InChI is InChI=1S/C25H24N2O4/c1-29-21-13-17(14-22(30-2)25(21)31-3)27-23(16-9-5-4-6-10-16)24(28)19-15-26-20-12-8-7-11-18(19)20/h4-15,23,26-27H,1-3H3/t23-/m0/s1. The molecule has 0 amide bonds. The van der Waals surface area contributed by atoms with E-state index in [0.29, 0.717) is 28.5 Å². The summed E-state index contributed by atoms with van der Waals surface area (Å²) in [5.74, 6) is 1.47. The Hall–Kier alpha value is -3.93. The maximum atomic E-state index is 13.7. The van der Waals surface area contributed by atoms with E-state index in [4.69, 9.17) is 14.2 Å². The van der Waals surface area contributed by atoms with Crippen molar-refractivity contribution in [3.8, 4) is 17.2 Å². The summed E-state index contributed by atoms with van der Waals surface area (Å²) in [7, 11) is 4.68. The molecule has 1 atom stereocenters. The van der Waals surface area contributed by atoms with Gasteiger partial charge in [-0.25, -0.2) is 0 Å². The number of hydrogen-bond acceptors (Lipinski definition) is 5. The molecule has 4 aromatic rings. The van der Waals surface area contributed by atoms with Crippen molar-refractivity contribution in [2.45, 2.75) is 6.04 Å². The van der Waals surface area contributed by atoms with Gasteiger partial charge in [0.1, 0.15) is 6.04 Å². The van der Waals surface area contributed by atoms with Gasteiger partial charge in [-0.15, -0.1) is 0 Å². The van der Waals surface area contributed by atoms with Crippen molar-refractivity contribution in [1.29, 1.82) is 0 Å². The minimum absolute atomic E-state index is 0.0441. The number of anilines is 1. The van der Waals surface area contributed by atoms with Crippen molar-refractivity contribution < 1.29 is 19.0 Å². The number of aromatic amines is 1. The highest BCUT2D eigenvalue weighted by Gasteiger charge is 2.25. The van der Waals surface area contributed by atoms with E-state index >= 15 is 0 Å². The van der Waals surface area contributed by atoms with Crippen LogP contribution < -0.4 is 19.5 Å². The van der Waals surface area contributed by atoms with Crippen LogP contribution >= 0.6 is 0 Å². The van der Waals surface area contributed by atoms with Gasteiger partial charge in [0.15, 0.2) is 17.3 Å². The Morgan fingerprint density at radius 3 is 2.16 bits per heavy atom. The molecule has 0 fully saturated rings. The molecule has 158 valence electrons. The highest BCUT2D eigenvalue weighted by atomic mass is 16.5. The zero-order chi connectivity index (χ0) is 21.8. The van der Waals surface area contributed by atoms with Crippen molar-refractivity contribution in [1.82, 2.24) is 4.98 Å². The Morgan fingerprint density at radius 2 is 1.52 bits per heavy atom. The van der Waals surface area contributed by atoms with E-state index in [0.717, 1.165) is 16.5 Å². The molecule has 0 saturated heterocycles. The summed E-state index contributed by atoms with van der Waals surface area (Å²) >= 11 is 0. The van der Waals surface area contributed by atoms with Crippen LogP contribution in [0.3, 0.4) is 0 Å². The summed E-state index contributed by atoms with van der Waals surface area (Å²) in [5.41, 5.74) is 3.08. The van der Waals surface area contributed by atoms with Crippen LogP contribution in [0.15, 0.2) is 72.9 Å². The second-order valence-corrected chi connectivity index (χ2v) is 7.01. The number of nitrogens with one attached hydrogen (secondary N) is 2. The third-order valence-corrected chi connectivity index (χ3v) is 5.23. The molecular weight excluding hydrogens is 392 g/mol. The summed E-state index contributed by atoms with van der Waals surface area (Å²) in [6.07, 6.45) is 1.76. The molecule has 6 heteroatoms. The molecule has 0 unspecified atom stereocenters. The van der Waals surface area contributed by atoms with Gasteiger partial charge in [0.2, 0.25) is 5.75 Å². The number of aromatic nitrogens is 1. The molecule has 6 nitrogen and oxygen atoms in total. The molecule has 1 aromatic heterocycles. The number of hydrogen-bond donors (Lipinski definition) is 2. The van der Waals surface area contributed by atoms with Crippen LogP contribution in [-0.2, 0) is 0 Å². The van der Waals surface area contributed by atoms with Gasteiger partial charge < -0.3 is 24.5 Å². The Bertz CT molecular complexity index is 1180. The highest BCUT2D eigenvalue weighted by Crippen LogP contribution is 2.41. The van der Waals surface area contributed by atoms with Crippen LogP contribution in [0, 0.1) is 0 Å². The molecule has 4 rings (SSSR count). The average Bonchev–Trinajstić information content (AvgIpc) is 3.26. The number of carbonyl (C=O) groups is 1. The Morgan fingerprint density at radius 1 is 0.871 bits per heavy atom. The lowest BCUT2D eigenvalue weighted by atomic mass is 9.96. The van der Waals surface area contributed by atoms with E-state index in [1.165, 1.54) is 0 Å². The number of benzene rings is 3. The fourth-order valence-electron chi connectivity index (χ4n) is 3.71. The maximum absolute atomic E-state index is 13.7. The zero-order valence-electron chi connectivity index (χ0n) is 17.6. The van der Waals surface area contributed by atoms with Gasteiger partial charge in [-0.2, -0.15) is 0 Å². The minimum atomic E-state index is -0.608. The Labute approximate surface area is 180 Å². The number of Topliss-reactive ketones (excluding diaryl/α,β-unsaturated/α-hetero) is 1. The maximum Gasteiger partial charge on any atom is 0.203 e. The topological polar surface area (TPSA) is 72.6 Å². The van der Waals surface area contributed by atoms with Crippen LogP contribution in [0.2, 0.25) is 0 Å². The molecule has 31 heavy (non-hydrogen) atoms. The van der Waals surface area contributed by atoms with Gasteiger partial charge in [-0.05, 0) is 11.6 Å². The Balaban J connectivity index is 1.78. The highest BCUT2D eigenvalue weighted by molar-refractivity contribution is 6.11. The third kappa shape index (κ3) is 3.92. The van der Waals surface area contributed by atoms with E-state index in [-0.39, 0.29) is 5.78 Å². The lowest BCUT2D eigenvalue weighted by molar-refractivity contribution is 0.0971. The number of ether oxygens (including phenoxy) is 3. The Kier molecular flexibility index (Phi) is 5.80. The van der Waals surface area contributed by atoms with Gasteiger partial charge in [-0.1, -0.05) is 48.5 Å². The van der Waals surface area contributed by atoms with Crippen molar-refractivity contribution in [3.05, 3.63) is 84.1 Å². The minimum Gasteiger partial charge on any atom is -0.493 e. The third-order valence-electron chi connectivity index (χ3n) is 5.23. The second kappa shape index (κ2) is 8.83. The van der Waals surface area contributed by atoms with E-state index in [1.54, 1.807) is 39.7 Å². The fourth-order valence-corrected chi connectivity index (χ4v) is 3.71. The summed E-state index contributed by atoms with van der Waals surface area (Å²) in [6.45, 7) is 0. The molecule has 0 spiro atoms. The van der Waals surface area contributed by atoms with E-state index in [2.05, 4.69) is 10.3 Å². The normalized spacial score (nSPS) is 11.7. The average molecular weight is 416 g/mol. The molecule has 0 aliphatic heterocycles. The molecule has 0 aliphatic carbocycles. The largest absolute Gasteiger partial charge is 0.493 e. The SMILES string of the molecule is COc1cc(N[C@H](C(=O)c2c[nH]c3ccccc23)c2ccccc2)cc(OC)c1OC. The van der Waals surface area contributed by atoms with Gasteiger partial charge in [0, 0.05) is 40.5 Å². The van der Waals surface area contributed by atoms with Crippen molar-refractivity contribution in [3.63, 3.8) is 0 Å². The zero-order valence-corrected chi connectivity index (χ0v) is 17.6. The molecule has 2 N–H and O–H groups in total. The number of fused-ring (bicyclic) bond motifs is 1. The van der Waals surface area contributed by atoms with Crippen molar-refractivity contribution in [2.24, 2.45) is 0 Å². The van der Waals surface area contributed by atoms with Gasteiger partial charge in [0.05, 0.1) is 21.3 Å². The number of ketones is 1. The molecular formula is C25H24N2O4. The number of H-pyrrole nitrogens is 1. The first-order valence-electron chi connectivity index (χ1n) is 9.88. The quantitative estimate of drug-likeness (QED) is 0.385. The lowest BCUT2D eigenvalue weighted by Gasteiger charge is -2.21. The van der Waals surface area contributed by atoms with Crippen LogP contribution in [-0.4, -0.2) is 32.1 Å². The second-order valence-electron chi connectivity index (χ2n) is 7.01. The number of carbonyl (C=O) groups excluding carboxylic acids is 1. The van der Waals surface area contributed by atoms with E-state index in [1.807, 2.05) is 54.6 Å². The first kappa shape index (κ1) is 20.3. The van der Waals surface area contributed by atoms with E-state index in [9.17, 15) is 4.79 Å². The summed E-state index contributed by atoms with van der Waals surface area (Å²) in [4.78, 5) is 16.9. The predicted octanol–water partition coefficient (Wildman–Crippen LogP) is 5.23. The molecule has 3 aromatic carbocycles. The molecule has 0 aliphatic rings. The monoisotopic (exact) mass is 416 g/mol. The van der Waals surface area contributed by atoms with Crippen molar-refractivity contribution in [2.75, 3.05) is 26.6 Å². The van der Waals surface area contributed by atoms with Gasteiger partial charge in [0.25, 0.3) is 0 Å². The number of para-hydroxylation sites is 1. The number of methoxy groups -OCH3 is 3. The lowest BCUT2D eigenvalue weighted by Crippen LogP contribution is -2.21. The molecule has 1 heterocycles. The molecule has 0 radical (unpaired) electrons. The first-order valence-corrected chi connectivity index (χ1v) is 9.88. The van der Waals surface area contributed by atoms with Gasteiger partial charge in [-0.3, -0.25) is 4.79 Å². The molecule has 0 saturated carbocycles. The summed E-state index contributed by atoms with van der Waals surface area (Å²) in [5, 5.41) is 4.26. The van der Waals surface area contributed by atoms with Gasteiger partial charge >= 0.3 is 0 Å². The summed E-state index contributed by atoms with van der Waals surface area (Å²) in [6, 6.07) is 20.4. The van der Waals surface area contributed by atoms with Crippen LogP contribution in [0.5, 0.6) is 17.2 Å². The van der Waals surface area contributed by atoms with Crippen LogP contribution in [0.1, 0.15) is 22.0 Å². The summed E-state index contributed by atoms with van der Waals surface area (Å²) < 4.78 is 16.3. The van der Waals surface area contributed by atoms with Crippen LogP contribution in [0.25, 0.3) is 10.9 Å². The van der Waals surface area contributed by atoms with E-state index < -0.39 is 6.04 Å².